The normalized spacial score (nSPS) is 13.9. The highest BCUT2D eigenvalue weighted by atomic mass is 16.5. The minimum atomic E-state index is -0.103. The number of phenolic OH excluding ortho intramolecular Hbond substituents is 1. The number of phenols is 1. The summed E-state index contributed by atoms with van der Waals surface area (Å²) in [6.07, 6.45) is 4.10. The van der Waals surface area contributed by atoms with Crippen molar-refractivity contribution >= 4 is 0 Å². The molecule has 2 aromatic heterocycles. The largest absolute Gasteiger partial charge is 0.504 e. The van der Waals surface area contributed by atoms with Crippen LogP contribution in [0.3, 0.4) is 0 Å². The molecule has 144 valence electrons. The minimum absolute atomic E-state index is 0.103. The van der Waals surface area contributed by atoms with Crippen LogP contribution in [-0.4, -0.2) is 38.1 Å². The van der Waals surface area contributed by atoms with E-state index in [1.54, 1.807) is 18.5 Å². The Morgan fingerprint density at radius 1 is 1.32 bits per heavy atom. The highest BCUT2D eigenvalue weighted by molar-refractivity contribution is 5.53. The maximum atomic E-state index is 12.6. The third-order valence-corrected chi connectivity index (χ3v) is 4.81. The van der Waals surface area contributed by atoms with Gasteiger partial charge in [0.1, 0.15) is 5.82 Å². The summed E-state index contributed by atoms with van der Waals surface area (Å²) in [4.78, 5) is 26.5. The number of rotatable bonds is 5. The van der Waals surface area contributed by atoms with Gasteiger partial charge >= 0.3 is 0 Å². The third-order valence-electron chi connectivity index (χ3n) is 4.81. The number of nitrogens with zero attached hydrogens (tertiary/aromatic N) is 3. The molecule has 0 fully saturated rings. The van der Waals surface area contributed by atoms with Gasteiger partial charge in [-0.3, -0.25) is 14.7 Å². The van der Waals surface area contributed by atoms with Gasteiger partial charge in [0.15, 0.2) is 11.5 Å². The molecule has 0 atom stereocenters. The molecule has 1 aliphatic rings. The standard InChI is InChI=1S/C21H22N4O3/c1-2-28-19-10-14(5-6-18(19)26)12-25-9-7-17-16(13-25)21(27)24-20(23-17)15-4-3-8-22-11-15/h3-6,8,10-11,26H,2,7,9,12-13H2,1H3,(H,23,24,27). The van der Waals surface area contributed by atoms with Crippen molar-refractivity contribution in [2.24, 2.45) is 0 Å². The topological polar surface area (TPSA) is 91.3 Å². The van der Waals surface area contributed by atoms with Crippen LogP contribution in [0.15, 0.2) is 47.5 Å². The number of ether oxygens (including phenoxy) is 1. The Hall–Kier alpha value is -3.19. The summed E-state index contributed by atoms with van der Waals surface area (Å²) < 4.78 is 5.46. The molecule has 4 rings (SSSR count). The zero-order valence-corrected chi connectivity index (χ0v) is 15.7. The van der Waals surface area contributed by atoms with E-state index in [-0.39, 0.29) is 11.3 Å². The molecule has 0 saturated carbocycles. The lowest BCUT2D eigenvalue weighted by molar-refractivity contribution is 0.241. The first-order valence-corrected chi connectivity index (χ1v) is 9.33. The van der Waals surface area contributed by atoms with Crippen LogP contribution in [0, 0.1) is 0 Å². The molecule has 0 bridgehead atoms. The smallest absolute Gasteiger partial charge is 0.255 e. The molecular formula is C21H22N4O3. The molecule has 3 aromatic rings. The number of hydrogen-bond acceptors (Lipinski definition) is 6. The molecule has 0 spiro atoms. The summed E-state index contributed by atoms with van der Waals surface area (Å²) in [6, 6.07) is 9.08. The number of benzene rings is 1. The molecule has 7 heteroatoms. The van der Waals surface area contributed by atoms with Crippen molar-refractivity contribution in [1.82, 2.24) is 19.9 Å². The van der Waals surface area contributed by atoms with Gasteiger partial charge in [-0.25, -0.2) is 4.98 Å². The van der Waals surface area contributed by atoms with Gasteiger partial charge < -0.3 is 14.8 Å². The first kappa shape index (κ1) is 18.2. The number of fused-ring (bicyclic) bond motifs is 1. The molecule has 3 heterocycles. The molecule has 0 saturated heterocycles. The minimum Gasteiger partial charge on any atom is -0.504 e. The summed E-state index contributed by atoms with van der Waals surface area (Å²) in [7, 11) is 0. The van der Waals surface area contributed by atoms with E-state index in [1.165, 1.54) is 0 Å². The van der Waals surface area contributed by atoms with Crippen LogP contribution in [0.5, 0.6) is 11.5 Å². The van der Waals surface area contributed by atoms with Gasteiger partial charge in [-0.1, -0.05) is 6.07 Å². The van der Waals surface area contributed by atoms with E-state index in [2.05, 4.69) is 19.9 Å². The summed E-state index contributed by atoms with van der Waals surface area (Å²) in [5, 5.41) is 9.86. The van der Waals surface area contributed by atoms with Crippen molar-refractivity contribution in [1.29, 1.82) is 0 Å². The van der Waals surface area contributed by atoms with E-state index >= 15 is 0 Å². The molecule has 1 aromatic carbocycles. The highest BCUT2D eigenvalue weighted by Gasteiger charge is 2.22. The Kier molecular flexibility index (Phi) is 5.08. The van der Waals surface area contributed by atoms with Gasteiger partial charge in [-0.05, 0) is 36.8 Å². The summed E-state index contributed by atoms with van der Waals surface area (Å²) in [5.74, 6) is 1.18. The van der Waals surface area contributed by atoms with E-state index < -0.39 is 0 Å². The lowest BCUT2D eigenvalue weighted by atomic mass is 10.1. The second kappa shape index (κ2) is 7.82. The maximum absolute atomic E-state index is 12.6. The monoisotopic (exact) mass is 378 g/mol. The second-order valence-electron chi connectivity index (χ2n) is 6.78. The zero-order chi connectivity index (χ0) is 19.5. The van der Waals surface area contributed by atoms with Crippen LogP contribution >= 0.6 is 0 Å². The van der Waals surface area contributed by atoms with Gasteiger partial charge in [-0.15, -0.1) is 0 Å². The molecular weight excluding hydrogens is 356 g/mol. The maximum Gasteiger partial charge on any atom is 0.255 e. The Labute approximate surface area is 162 Å². The molecule has 7 nitrogen and oxygen atoms in total. The fourth-order valence-corrected chi connectivity index (χ4v) is 3.44. The van der Waals surface area contributed by atoms with Crippen LogP contribution in [0.1, 0.15) is 23.7 Å². The van der Waals surface area contributed by atoms with Gasteiger partial charge in [0.2, 0.25) is 0 Å². The number of aromatic nitrogens is 3. The average Bonchev–Trinajstić information content (AvgIpc) is 2.72. The van der Waals surface area contributed by atoms with E-state index in [0.29, 0.717) is 43.3 Å². The number of hydrogen-bond donors (Lipinski definition) is 2. The van der Waals surface area contributed by atoms with E-state index in [1.807, 2.05) is 31.2 Å². The molecule has 0 amide bonds. The van der Waals surface area contributed by atoms with Gasteiger partial charge in [-0.2, -0.15) is 0 Å². The van der Waals surface area contributed by atoms with Crippen LogP contribution in [0.2, 0.25) is 0 Å². The number of nitrogens with one attached hydrogen (secondary N) is 1. The molecule has 2 N–H and O–H groups in total. The number of aromatic amines is 1. The van der Waals surface area contributed by atoms with Crippen molar-refractivity contribution < 1.29 is 9.84 Å². The fourth-order valence-electron chi connectivity index (χ4n) is 3.44. The Morgan fingerprint density at radius 2 is 2.21 bits per heavy atom. The predicted molar refractivity (Wildman–Crippen MR) is 105 cm³/mol. The molecule has 0 unspecified atom stereocenters. The lowest BCUT2D eigenvalue weighted by Crippen LogP contribution is -2.35. The molecule has 0 aliphatic carbocycles. The van der Waals surface area contributed by atoms with Crippen molar-refractivity contribution in [3.63, 3.8) is 0 Å². The van der Waals surface area contributed by atoms with E-state index in [0.717, 1.165) is 23.4 Å². The predicted octanol–water partition coefficient (Wildman–Crippen LogP) is 2.49. The van der Waals surface area contributed by atoms with E-state index in [9.17, 15) is 9.90 Å². The SMILES string of the molecule is CCOc1cc(CN2CCc3nc(-c4cccnc4)[nH]c(=O)c3C2)ccc1O. The first-order chi connectivity index (χ1) is 13.6. The average molecular weight is 378 g/mol. The van der Waals surface area contributed by atoms with Crippen LogP contribution in [0.4, 0.5) is 0 Å². The molecule has 0 radical (unpaired) electrons. The third kappa shape index (κ3) is 3.75. The zero-order valence-electron chi connectivity index (χ0n) is 15.7. The highest BCUT2D eigenvalue weighted by Crippen LogP contribution is 2.28. The number of aromatic hydroxyl groups is 1. The van der Waals surface area contributed by atoms with Crippen molar-refractivity contribution in [2.45, 2.75) is 26.4 Å². The number of H-pyrrole nitrogens is 1. The van der Waals surface area contributed by atoms with Crippen molar-refractivity contribution in [3.8, 4) is 22.9 Å². The van der Waals surface area contributed by atoms with E-state index in [4.69, 9.17) is 4.74 Å². The summed E-state index contributed by atoms with van der Waals surface area (Å²) in [6.45, 7) is 4.39. The summed E-state index contributed by atoms with van der Waals surface area (Å²) in [5.41, 5.74) is 3.29. The lowest BCUT2D eigenvalue weighted by Gasteiger charge is -2.28. The Morgan fingerprint density at radius 3 is 3.00 bits per heavy atom. The van der Waals surface area contributed by atoms with Gasteiger partial charge in [0, 0.05) is 44.0 Å². The Bertz CT molecular complexity index is 1030. The Balaban J connectivity index is 1.54. The molecule has 1 aliphatic heterocycles. The number of pyridine rings is 1. The van der Waals surface area contributed by atoms with Crippen LogP contribution in [0.25, 0.3) is 11.4 Å². The van der Waals surface area contributed by atoms with Crippen molar-refractivity contribution in [3.05, 3.63) is 69.9 Å². The van der Waals surface area contributed by atoms with Crippen molar-refractivity contribution in [2.75, 3.05) is 13.2 Å². The first-order valence-electron chi connectivity index (χ1n) is 9.33. The molecule has 28 heavy (non-hydrogen) atoms. The van der Waals surface area contributed by atoms with Gasteiger partial charge in [0.05, 0.1) is 17.9 Å². The van der Waals surface area contributed by atoms with Crippen LogP contribution < -0.4 is 10.3 Å². The fraction of sp³-hybridized carbons (Fsp3) is 0.286. The van der Waals surface area contributed by atoms with Gasteiger partial charge in [0.25, 0.3) is 5.56 Å². The summed E-state index contributed by atoms with van der Waals surface area (Å²) >= 11 is 0. The quantitative estimate of drug-likeness (QED) is 0.709. The second-order valence-corrected chi connectivity index (χ2v) is 6.78. The van der Waals surface area contributed by atoms with Crippen LogP contribution in [-0.2, 0) is 19.5 Å².